The standard InChI is InChI=1S/C20H17NO3/c1-12-16-10-13-6-4-5-7-15(13)21(16)20(22)19(12)14-8-9-17(23-2)18(11-14)24-3/h4-11H,1-3H3. The maximum absolute atomic E-state index is 13.1. The first-order chi connectivity index (χ1) is 11.7. The lowest BCUT2D eigenvalue weighted by molar-refractivity contribution is 0.0989. The predicted molar refractivity (Wildman–Crippen MR) is 94.6 cm³/mol. The molecule has 0 aliphatic carbocycles. The number of methoxy groups -OCH3 is 2. The van der Waals surface area contributed by atoms with Gasteiger partial charge in [-0.3, -0.25) is 9.36 Å². The van der Waals surface area contributed by atoms with Crippen molar-refractivity contribution in [1.82, 2.24) is 4.57 Å². The van der Waals surface area contributed by atoms with Gasteiger partial charge in [0.2, 0.25) is 0 Å². The van der Waals surface area contributed by atoms with E-state index in [1.807, 2.05) is 49.4 Å². The van der Waals surface area contributed by atoms with Gasteiger partial charge in [0.25, 0.3) is 5.91 Å². The van der Waals surface area contributed by atoms with E-state index in [0.717, 1.165) is 27.7 Å². The summed E-state index contributed by atoms with van der Waals surface area (Å²) in [7, 11) is 3.19. The monoisotopic (exact) mass is 319 g/mol. The van der Waals surface area contributed by atoms with Crippen molar-refractivity contribution in [2.45, 2.75) is 6.92 Å². The highest BCUT2D eigenvalue weighted by Crippen LogP contribution is 2.40. The molecule has 4 nitrogen and oxygen atoms in total. The SMILES string of the molecule is COc1ccc(C2=C(C)c3cc4ccccc4n3C2=O)cc1OC. The molecule has 0 unspecified atom stereocenters. The number of carbonyl (C=O) groups excluding carboxylic acids is 1. The fraction of sp³-hybridized carbons (Fsp3) is 0.150. The molecule has 4 rings (SSSR count). The molecule has 0 N–H and O–H groups in total. The second kappa shape index (κ2) is 5.27. The Morgan fingerprint density at radius 1 is 0.917 bits per heavy atom. The number of aromatic nitrogens is 1. The minimum Gasteiger partial charge on any atom is -0.493 e. The highest BCUT2D eigenvalue weighted by molar-refractivity contribution is 6.33. The highest BCUT2D eigenvalue weighted by Gasteiger charge is 2.30. The van der Waals surface area contributed by atoms with Crippen molar-refractivity contribution in [3.05, 3.63) is 59.8 Å². The topological polar surface area (TPSA) is 40.5 Å². The molecule has 2 heterocycles. The van der Waals surface area contributed by atoms with Crippen LogP contribution in [0.1, 0.15) is 23.0 Å². The first kappa shape index (κ1) is 14.6. The summed E-state index contributed by atoms with van der Waals surface area (Å²) in [5.41, 5.74) is 4.40. The molecule has 0 amide bonds. The zero-order chi connectivity index (χ0) is 16.8. The van der Waals surface area contributed by atoms with Crippen LogP contribution in [0.4, 0.5) is 0 Å². The summed E-state index contributed by atoms with van der Waals surface area (Å²) >= 11 is 0. The summed E-state index contributed by atoms with van der Waals surface area (Å²) in [4.78, 5) is 13.1. The van der Waals surface area contributed by atoms with Gasteiger partial charge in [-0.1, -0.05) is 24.3 Å². The van der Waals surface area contributed by atoms with E-state index in [2.05, 4.69) is 6.07 Å². The van der Waals surface area contributed by atoms with Gasteiger partial charge >= 0.3 is 0 Å². The van der Waals surface area contributed by atoms with E-state index in [1.54, 1.807) is 18.8 Å². The van der Waals surface area contributed by atoms with Gasteiger partial charge in [-0.2, -0.15) is 0 Å². The Balaban J connectivity index is 1.90. The van der Waals surface area contributed by atoms with E-state index in [4.69, 9.17) is 9.47 Å². The van der Waals surface area contributed by atoms with Crippen LogP contribution in [-0.4, -0.2) is 24.7 Å². The Labute approximate surface area is 139 Å². The van der Waals surface area contributed by atoms with Crippen molar-refractivity contribution in [2.75, 3.05) is 14.2 Å². The Kier molecular flexibility index (Phi) is 3.20. The fourth-order valence-corrected chi connectivity index (χ4v) is 3.38. The smallest absolute Gasteiger partial charge is 0.263 e. The minimum absolute atomic E-state index is 0.00378. The summed E-state index contributed by atoms with van der Waals surface area (Å²) in [6, 6.07) is 15.6. The zero-order valence-electron chi connectivity index (χ0n) is 13.8. The maximum Gasteiger partial charge on any atom is 0.263 e. The number of nitrogens with zero attached hydrogens (tertiary/aromatic N) is 1. The molecule has 0 radical (unpaired) electrons. The van der Waals surface area contributed by atoms with Gasteiger partial charge in [0, 0.05) is 5.39 Å². The van der Waals surface area contributed by atoms with Gasteiger partial charge in [-0.15, -0.1) is 0 Å². The molecule has 2 aromatic carbocycles. The molecule has 1 aliphatic rings. The summed E-state index contributed by atoms with van der Waals surface area (Å²) in [5, 5.41) is 1.08. The average molecular weight is 319 g/mol. The number of ether oxygens (including phenoxy) is 2. The molecule has 24 heavy (non-hydrogen) atoms. The van der Waals surface area contributed by atoms with E-state index in [0.29, 0.717) is 17.1 Å². The number of para-hydroxylation sites is 1. The number of carbonyl (C=O) groups is 1. The fourth-order valence-electron chi connectivity index (χ4n) is 3.38. The van der Waals surface area contributed by atoms with Crippen LogP contribution in [-0.2, 0) is 0 Å². The van der Waals surface area contributed by atoms with Crippen molar-refractivity contribution in [3.8, 4) is 11.5 Å². The second-order valence-electron chi connectivity index (χ2n) is 5.80. The van der Waals surface area contributed by atoms with Crippen molar-refractivity contribution in [2.24, 2.45) is 0 Å². The third-order valence-corrected chi connectivity index (χ3v) is 4.56. The molecule has 4 heteroatoms. The molecule has 0 bridgehead atoms. The normalized spacial score (nSPS) is 13.5. The number of rotatable bonds is 3. The molecule has 0 spiro atoms. The average Bonchev–Trinajstić information content (AvgIpc) is 3.11. The van der Waals surface area contributed by atoms with Gasteiger partial charge in [0.1, 0.15) is 0 Å². The summed E-state index contributed by atoms with van der Waals surface area (Å²) in [6.45, 7) is 1.99. The van der Waals surface area contributed by atoms with Crippen LogP contribution >= 0.6 is 0 Å². The third kappa shape index (κ3) is 1.89. The number of hydrogen-bond acceptors (Lipinski definition) is 3. The van der Waals surface area contributed by atoms with E-state index < -0.39 is 0 Å². The number of benzene rings is 2. The molecule has 1 aliphatic heterocycles. The van der Waals surface area contributed by atoms with E-state index in [9.17, 15) is 4.79 Å². The Morgan fingerprint density at radius 2 is 1.67 bits per heavy atom. The van der Waals surface area contributed by atoms with Gasteiger partial charge in [0.05, 0.1) is 31.0 Å². The molecular formula is C20H17NO3. The van der Waals surface area contributed by atoms with Crippen LogP contribution < -0.4 is 9.47 Å². The highest BCUT2D eigenvalue weighted by atomic mass is 16.5. The molecule has 0 saturated heterocycles. The van der Waals surface area contributed by atoms with Crippen LogP contribution in [0.5, 0.6) is 11.5 Å². The van der Waals surface area contributed by atoms with Crippen LogP contribution in [0, 0.1) is 0 Å². The minimum atomic E-state index is -0.00378. The molecular weight excluding hydrogens is 302 g/mol. The lowest BCUT2D eigenvalue weighted by atomic mass is 10.00. The van der Waals surface area contributed by atoms with Crippen molar-refractivity contribution < 1.29 is 14.3 Å². The van der Waals surface area contributed by atoms with E-state index in [-0.39, 0.29) is 5.91 Å². The Hall–Kier alpha value is -3.01. The Bertz CT molecular complexity index is 1010. The third-order valence-electron chi connectivity index (χ3n) is 4.56. The zero-order valence-corrected chi connectivity index (χ0v) is 13.8. The first-order valence-corrected chi connectivity index (χ1v) is 7.74. The quantitative estimate of drug-likeness (QED) is 0.725. The van der Waals surface area contributed by atoms with Crippen LogP contribution in [0.25, 0.3) is 22.0 Å². The molecule has 120 valence electrons. The molecule has 1 aromatic heterocycles. The predicted octanol–water partition coefficient (Wildman–Crippen LogP) is 4.24. The maximum atomic E-state index is 13.1. The summed E-state index contributed by atoms with van der Waals surface area (Å²) < 4.78 is 12.4. The van der Waals surface area contributed by atoms with Crippen LogP contribution in [0.2, 0.25) is 0 Å². The van der Waals surface area contributed by atoms with Crippen LogP contribution in [0.15, 0.2) is 48.5 Å². The number of fused-ring (bicyclic) bond motifs is 3. The number of hydrogen-bond donors (Lipinski definition) is 0. The summed E-state index contributed by atoms with van der Waals surface area (Å²) in [6.07, 6.45) is 0. The molecule has 0 saturated carbocycles. The van der Waals surface area contributed by atoms with Gasteiger partial charge < -0.3 is 9.47 Å². The van der Waals surface area contributed by atoms with E-state index in [1.165, 1.54) is 0 Å². The second-order valence-corrected chi connectivity index (χ2v) is 5.80. The van der Waals surface area contributed by atoms with Gasteiger partial charge in [0.15, 0.2) is 11.5 Å². The lowest BCUT2D eigenvalue weighted by Crippen LogP contribution is -2.08. The van der Waals surface area contributed by atoms with Gasteiger partial charge in [-0.25, -0.2) is 0 Å². The largest absolute Gasteiger partial charge is 0.493 e. The van der Waals surface area contributed by atoms with E-state index >= 15 is 0 Å². The van der Waals surface area contributed by atoms with Crippen molar-refractivity contribution >= 4 is 28.0 Å². The summed E-state index contributed by atoms with van der Waals surface area (Å²) in [5.74, 6) is 1.26. The number of allylic oxidation sites excluding steroid dienone is 2. The Morgan fingerprint density at radius 3 is 2.42 bits per heavy atom. The molecule has 3 aromatic rings. The van der Waals surface area contributed by atoms with Gasteiger partial charge in [-0.05, 0) is 42.3 Å². The van der Waals surface area contributed by atoms with Crippen molar-refractivity contribution in [3.63, 3.8) is 0 Å². The lowest BCUT2D eigenvalue weighted by Gasteiger charge is -2.10. The molecule has 0 fully saturated rings. The van der Waals surface area contributed by atoms with Crippen LogP contribution in [0.3, 0.4) is 0 Å². The first-order valence-electron chi connectivity index (χ1n) is 7.74. The van der Waals surface area contributed by atoms with Crippen molar-refractivity contribution in [1.29, 1.82) is 0 Å². The molecule has 0 atom stereocenters.